The van der Waals surface area contributed by atoms with Gasteiger partial charge in [-0.1, -0.05) is 198 Å². The van der Waals surface area contributed by atoms with Crippen LogP contribution in [0.3, 0.4) is 0 Å². The normalized spacial score (nSPS) is 13.7. The molecule has 0 N–H and O–H groups in total. The largest absolute Gasteiger partial charge is 0.756 e. The molecule has 0 amide bonds. The second kappa shape index (κ2) is 46.3. The van der Waals surface area contributed by atoms with Crippen molar-refractivity contribution in [1.29, 1.82) is 0 Å². The predicted octanol–water partition coefficient (Wildman–Crippen LogP) is 15.4. The number of rotatable bonds is 49. The number of carbonyl (C=O) groups excluding carboxylic acids is 2. The first-order chi connectivity index (χ1) is 31.0. The van der Waals surface area contributed by atoms with Gasteiger partial charge in [-0.2, -0.15) is 0 Å². The molecule has 376 valence electrons. The third-order valence-electron chi connectivity index (χ3n) is 11.6. The first-order valence-corrected chi connectivity index (χ1v) is 28.2. The van der Waals surface area contributed by atoms with Crippen LogP contribution < -0.4 is 4.89 Å². The summed E-state index contributed by atoms with van der Waals surface area (Å²) in [6.07, 6.45) is 54.6. The maximum absolute atomic E-state index is 12.8. The van der Waals surface area contributed by atoms with Gasteiger partial charge in [-0.3, -0.25) is 14.2 Å². The van der Waals surface area contributed by atoms with Crippen LogP contribution in [0.15, 0.2) is 36.5 Å². The van der Waals surface area contributed by atoms with E-state index in [0.29, 0.717) is 17.4 Å². The lowest BCUT2D eigenvalue weighted by molar-refractivity contribution is -0.870. The molecule has 9 nitrogen and oxygen atoms in total. The van der Waals surface area contributed by atoms with Crippen molar-refractivity contribution in [2.24, 2.45) is 0 Å². The molecule has 0 aromatic rings. The molecule has 0 bridgehead atoms. The van der Waals surface area contributed by atoms with Crippen molar-refractivity contribution in [3.05, 3.63) is 36.5 Å². The van der Waals surface area contributed by atoms with Gasteiger partial charge >= 0.3 is 11.9 Å². The Balaban J connectivity index is 4.22. The summed E-state index contributed by atoms with van der Waals surface area (Å²) < 4.78 is 34.1. The summed E-state index contributed by atoms with van der Waals surface area (Å²) in [5, 5.41) is 0. The Labute approximate surface area is 395 Å². The van der Waals surface area contributed by atoms with E-state index in [1.165, 1.54) is 161 Å². The number of hydrogen-bond donors (Lipinski definition) is 0. The molecular formula is C54H102NO8P. The zero-order chi connectivity index (χ0) is 47.1. The van der Waals surface area contributed by atoms with E-state index in [9.17, 15) is 19.0 Å². The Morgan fingerprint density at radius 3 is 1.28 bits per heavy atom. The number of unbranched alkanes of at least 4 members (excludes halogenated alkanes) is 29. The van der Waals surface area contributed by atoms with Crippen molar-refractivity contribution in [2.75, 3.05) is 47.5 Å². The van der Waals surface area contributed by atoms with Crippen LogP contribution in [-0.2, 0) is 32.7 Å². The van der Waals surface area contributed by atoms with Gasteiger partial charge in [0.2, 0.25) is 0 Å². The van der Waals surface area contributed by atoms with Gasteiger partial charge < -0.3 is 27.9 Å². The zero-order valence-electron chi connectivity index (χ0n) is 42.5. The molecule has 0 saturated heterocycles. The van der Waals surface area contributed by atoms with E-state index in [-0.39, 0.29) is 32.0 Å². The predicted molar refractivity (Wildman–Crippen MR) is 268 cm³/mol. The third-order valence-corrected chi connectivity index (χ3v) is 12.6. The molecule has 0 aromatic carbocycles. The molecule has 0 heterocycles. The molecule has 0 spiro atoms. The number of ether oxygens (including phenoxy) is 2. The van der Waals surface area contributed by atoms with E-state index in [1.54, 1.807) is 0 Å². The summed E-state index contributed by atoms with van der Waals surface area (Å²) >= 11 is 0. The number of nitrogens with zero attached hydrogens (tertiary/aromatic N) is 1. The lowest BCUT2D eigenvalue weighted by Gasteiger charge is -2.28. The summed E-state index contributed by atoms with van der Waals surface area (Å²) in [5.74, 6) is -0.833. The maximum atomic E-state index is 12.8. The van der Waals surface area contributed by atoms with Crippen molar-refractivity contribution < 1.29 is 42.1 Å². The summed E-state index contributed by atoms with van der Waals surface area (Å²) in [6.45, 7) is 4.23. The number of phosphoric ester groups is 1. The Morgan fingerprint density at radius 2 is 0.844 bits per heavy atom. The molecule has 0 aromatic heterocycles. The number of carbonyl (C=O) groups is 2. The fourth-order valence-electron chi connectivity index (χ4n) is 7.45. The van der Waals surface area contributed by atoms with Gasteiger partial charge in [0.25, 0.3) is 7.82 Å². The van der Waals surface area contributed by atoms with Crippen LogP contribution in [-0.4, -0.2) is 70.0 Å². The summed E-state index contributed by atoms with van der Waals surface area (Å²) in [7, 11) is 1.17. The van der Waals surface area contributed by atoms with E-state index in [1.807, 2.05) is 21.1 Å². The van der Waals surface area contributed by atoms with Crippen molar-refractivity contribution in [3.63, 3.8) is 0 Å². The lowest BCUT2D eigenvalue weighted by Crippen LogP contribution is -2.37. The standard InChI is InChI=1S/C54H102NO8P/c1-6-8-10-12-14-16-18-20-22-24-26-27-29-30-32-34-36-38-40-42-44-46-53(56)60-50-52(51-62-64(58,59)61-49-48-55(3,4)5)63-54(57)47-45-43-41-39-37-35-33-31-28-25-23-21-19-17-15-13-11-9-7-2/h15,17,21,23-24,26,52H,6-14,16,18-20,22,25,27-51H2,1-5H3/b17-15-,23-21-,26-24-. The first kappa shape index (κ1) is 62.2. The Morgan fingerprint density at radius 1 is 0.484 bits per heavy atom. The molecule has 10 heteroatoms. The van der Waals surface area contributed by atoms with Gasteiger partial charge in [-0.05, 0) is 70.6 Å². The van der Waals surface area contributed by atoms with E-state index in [0.717, 1.165) is 51.4 Å². The smallest absolute Gasteiger partial charge is 0.306 e. The summed E-state index contributed by atoms with van der Waals surface area (Å²) in [6, 6.07) is 0. The van der Waals surface area contributed by atoms with Crippen molar-refractivity contribution in [2.45, 2.75) is 251 Å². The molecule has 0 saturated carbocycles. The van der Waals surface area contributed by atoms with E-state index < -0.39 is 26.5 Å². The van der Waals surface area contributed by atoms with E-state index in [2.05, 4.69) is 50.3 Å². The zero-order valence-corrected chi connectivity index (χ0v) is 43.4. The van der Waals surface area contributed by atoms with E-state index in [4.69, 9.17) is 18.5 Å². The topological polar surface area (TPSA) is 111 Å². The summed E-state index contributed by atoms with van der Waals surface area (Å²) in [5.41, 5.74) is 0. The number of hydrogen-bond acceptors (Lipinski definition) is 8. The van der Waals surface area contributed by atoms with Gasteiger partial charge in [-0.25, -0.2) is 0 Å². The minimum atomic E-state index is -4.63. The van der Waals surface area contributed by atoms with Gasteiger partial charge in [0, 0.05) is 12.8 Å². The quantitative estimate of drug-likeness (QED) is 0.0195. The maximum Gasteiger partial charge on any atom is 0.306 e. The van der Waals surface area contributed by atoms with Crippen LogP contribution in [0.25, 0.3) is 0 Å². The Bertz CT molecular complexity index is 1180. The molecule has 0 radical (unpaired) electrons. The number of likely N-dealkylation sites (N-methyl/N-ethyl adjacent to an activating group) is 1. The van der Waals surface area contributed by atoms with Crippen molar-refractivity contribution in [3.8, 4) is 0 Å². The molecule has 0 aliphatic carbocycles. The number of esters is 2. The molecule has 0 aliphatic rings. The molecule has 2 atom stereocenters. The van der Waals surface area contributed by atoms with Gasteiger partial charge in [-0.15, -0.1) is 0 Å². The van der Waals surface area contributed by atoms with Gasteiger partial charge in [0.1, 0.15) is 19.8 Å². The highest BCUT2D eigenvalue weighted by Gasteiger charge is 2.21. The highest BCUT2D eigenvalue weighted by Crippen LogP contribution is 2.38. The van der Waals surface area contributed by atoms with Crippen LogP contribution in [0, 0.1) is 0 Å². The lowest BCUT2D eigenvalue weighted by atomic mass is 10.1. The SMILES string of the molecule is CCCCC/C=C\C/C=C\CCCCCCCCCCCC(=O)OC(COC(=O)CCCCCCCCCCC/C=C\CCCCCCCCCC)COP(=O)([O-])OCC[N+](C)(C)C. The molecule has 0 fully saturated rings. The minimum Gasteiger partial charge on any atom is -0.756 e. The third kappa shape index (κ3) is 49.7. The second-order valence-electron chi connectivity index (χ2n) is 19.2. The number of allylic oxidation sites excluding steroid dienone is 6. The van der Waals surface area contributed by atoms with Crippen molar-refractivity contribution in [1.82, 2.24) is 0 Å². The highest BCUT2D eigenvalue weighted by molar-refractivity contribution is 7.45. The molecule has 64 heavy (non-hydrogen) atoms. The second-order valence-corrected chi connectivity index (χ2v) is 20.6. The minimum absolute atomic E-state index is 0.0315. The van der Waals surface area contributed by atoms with Crippen LogP contribution in [0.1, 0.15) is 245 Å². The molecule has 0 aliphatic heterocycles. The molecular weight excluding hydrogens is 822 g/mol. The van der Waals surface area contributed by atoms with Gasteiger partial charge in [0.05, 0.1) is 27.7 Å². The number of phosphoric acid groups is 1. The highest BCUT2D eigenvalue weighted by atomic mass is 31.2. The Hall–Kier alpha value is -1.77. The average molecular weight is 924 g/mol. The van der Waals surface area contributed by atoms with Crippen LogP contribution >= 0.6 is 7.82 Å². The monoisotopic (exact) mass is 924 g/mol. The fraction of sp³-hybridized carbons (Fsp3) is 0.852. The summed E-state index contributed by atoms with van der Waals surface area (Å²) in [4.78, 5) is 37.8. The molecule has 2 unspecified atom stereocenters. The van der Waals surface area contributed by atoms with Crippen LogP contribution in [0.5, 0.6) is 0 Å². The Kier molecular flexibility index (Phi) is 45.1. The first-order valence-electron chi connectivity index (χ1n) is 26.7. The number of quaternary nitrogens is 1. The van der Waals surface area contributed by atoms with E-state index >= 15 is 0 Å². The average Bonchev–Trinajstić information content (AvgIpc) is 3.25. The van der Waals surface area contributed by atoms with Gasteiger partial charge in [0.15, 0.2) is 6.10 Å². The molecule has 0 rings (SSSR count). The van der Waals surface area contributed by atoms with Crippen LogP contribution in [0.2, 0.25) is 0 Å². The van der Waals surface area contributed by atoms with Crippen LogP contribution in [0.4, 0.5) is 0 Å². The fourth-order valence-corrected chi connectivity index (χ4v) is 8.17. The van der Waals surface area contributed by atoms with Crippen molar-refractivity contribution >= 4 is 19.8 Å².